The minimum Gasteiger partial charge on any atom is -0.375 e. The summed E-state index contributed by atoms with van der Waals surface area (Å²) in [6.45, 7) is 0. The normalized spacial score (nSPS) is 20.5. The Bertz CT molecular complexity index is 819. The van der Waals surface area contributed by atoms with Crippen LogP contribution in [0, 0.1) is 10.1 Å². The van der Waals surface area contributed by atoms with Crippen molar-refractivity contribution < 1.29 is 13.3 Å². The van der Waals surface area contributed by atoms with Gasteiger partial charge >= 0.3 is 5.69 Å². The van der Waals surface area contributed by atoms with Crippen molar-refractivity contribution in [1.29, 1.82) is 0 Å². The summed E-state index contributed by atoms with van der Waals surface area (Å²) in [7, 11) is -3.05. The molecule has 1 aromatic carbocycles. The second-order valence-corrected chi connectivity index (χ2v) is 7.27. The molecule has 1 N–H and O–H groups in total. The molecule has 1 atom stereocenters. The number of para-hydroxylation sites is 1. The van der Waals surface area contributed by atoms with Gasteiger partial charge in [-0.2, -0.15) is 0 Å². The molecule has 21 heavy (non-hydrogen) atoms. The average Bonchev–Trinajstić information content (AvgIpc) is 2.78. The summed E-state index contributed by atoms with van der Waals surface area (Å²) in [5, 5.41) is 14.8. The molecule has 1 fully saturated rings. The van der Waals surface area contributed by atoms with E-state index in [0.29, 0.717) is 23.0 Å². The summed E-state index contributed by atoms with van der Waals surface area (Å²) in [6.07, 6.45) is 1.66. The lowest BCUT2D eigenvalue weighted by Gasteiger charge is -2.14. The number of nitrogens with zero attached hydrogens (tertiary/aromatic N) is 2. The molecule has 0 saturated carbocycles. The Kier molecular flexibility index (Phi) is 3.25. The number of fused-ring (bicyclic) bond motifs is 1. The molecule has 1 saturated heterocycles. The maximum absolute atomic E-state index is 11.5. The van der Waals surface area contributed by atoms with Crippen molar-refractivity contribution in [2.75, 3.05) is 16.8 Å². The Morgan fingerprint density at radius 2 is 2.10 bits per heavy atom. The summed E-state index contributed by atoms with van der Waals surface area (Å²) in [5.41, 5.74) is 0.831. The number of hydrogen-bond acceptors (Lipinski definition) is 6. The fourth-order valence-corrected chi connectivity index (χ4v) is 4.21. The van der Waals surface area contributed by atoms with E-state index in [1.807, 2.05) is 0 Å². The lowest BCUT2D eigenvalue weighted by atomic mass is 10.1. The Labute approximate surface area is 121 Å². The number of rotatable bonds is 3. The highest BCUT2D eigenvalue weighted by atomic mass is 32.2. The molecule has 7 nitrogen and oxygen atoms in total. The summed E-state index contributed by atoms with van der Waals surface area (Å²) in [4.78, 5) is 14.7. The molecule has 1 aliphatic heterocycles. The fourth-order valence-electron chi connectivity index (χ4n) is 2.53. The number of pyridine rings is 1. The van der Waals surface area contributed by atoms with Crippen LogP contribution >= 0.6 is 0 Å². The highest BCUT2D eigenvalue weighted by Crippen LogP contribution is 2.33. The standard InChI is InChI=1S/C13H13N3O4S/c17-16(18)12-7-14-11-4-2-1-3-10(11)13(12)15-9-5-6-21(19,20)8-9/h1-4,7,9H,5-6,8H2,(H,14,15). The van der Waals surface area contributed by atoms with E-state index in [9.17, 15) is 18.5 Å². The van der Waals surface area contributed by atoms with Crippen LogP contribution in [0.4, 0.5) is 11.4 Å². The molecule has 2 heterocycles. The van der Waals surface area contributed by atoms with Gasteiger partial charge in [-0.15, -0.1) is 0 Å². The number of benzene rings is 1. The molecular weight excluding hydrogens is 294 g/mol. The lowest BCUT2D eigenvalue weighted by Crippen LogP contribution is -2.21. The Hall–Kier alpha value is -2.22. The summed E-state index contributed by atoms with van der Waals surface area (Å²) in [5.74, 6) is 0.113. The summed E-state index contributed by atoms with van der Waals surface area (Å²) < 4.78 is 23.1. The molecule has 0 amide bonds. The first kappa shape index (κ1) is 13.7. The van der Waals surface area contributed by atoms with Crippen molar-refractivity contribution in [1.82, 2.24) is 4.98 Å². The summed E-state index contributed by atoms with van der Waals surface area (Å²) >= 11 is 0. The molecular formula is C13H13N3O4S. The molecule has 3 rings (SSSR count). The molecule has 0 aliphatic carbocycles. The molecule has 0 radical (unpaired) electrons. The van der Waals surface area contributed by atoms with Crippen molar-refractivity contribution in [3.63, 3.8) is 0 Å². The van der Waals surface area contributed by atoms with Gasteiger partial charge in [0.25, 0.3) is 0 Å². The number of hydrogen-bond donors (Lipinski definition) is 1. The predicted molar refractivity (Wildman–Crippen MR) is 79.1 cm³/mol. The molecule has 0 spiro atoms. The quantitative estimate of drug-likeness (QED) is 0.684. The maximum Gasteiger partial charge on any atom is 0.311 e. The van der Waals surface area contributed by atoms with E-state index >= 15 is 0 Å². The van der Waals surface area contributed by atoms with Crippen LogP contribution in [0.2, 0.25) is 0 Å². The highest BCUT2D eigenvalue weighted by molar-refractivity contribution is 7.91. The number of anilines is 1. The third-order valence-electron chi connectivity index (χ3n) is 3.53. The van der Waals surface area contributed by atoms with Crippen molar-refractivity contribution in [3.05, 3.63) is 40.6 Å². The molecule has 1 aliphatic rings. The maximum atomic E-state index is 11.5. The molecule has 110 valence electrons. The van der Waals surface area contributed by atoms with Crippen LogP contribution in [-0.2, 0) is 9.84 Å². The lowest BCUT2D eigenvalue weighted by molar-refractivity contribution is -0.384. The van der Waals surface area contributed by atoms with Gasteiger partial charge in [-0.1, -0.05) is 18.2 Å². The van der Waals surface area contributed by atoms with Crippen LogP contribution in [0.25, 0.3) is 10.9 Å². The highest BCUT2D eigenvalue weighted by Gasteiger charge is 2.30. The van der Waals surface area contributed by atoms with Crippen molar-refractivity contribution in [3.8, 4) is 0 Å². The summed E-state index contributed by atoms with van der Waals surface area (Å²) in [6, 6.07) is 6.76. The number of aromatic nitrogens is 1. The van der Waals surface area contributed by atoms with E-state index in [1.54, 1.807) is 24.3 Å². The van der Waals surface area contributed by atoms with Crippen molar-refractivity contribution in [2.45, 2.75) is 12.5 Å². The van der Waals surface area contributed by atoms with Gasteiger partial charge in [0.2, 0.25) is 0 Å². The molecule has 8 heteroatoms. The van der Waals surface area contributed by atoms with Crippen LogP contribution in [0.15, 0.2) is 30.5 Å². The fraction of sp³-hybridized carbons (Fsp3) is 0.308. The zero-order valence-electron chi connectivity index (χ0n) is 11.0. The molecule has 1 unspecified atom stereocenters. The van der Waals surface area contributed by atoms with Gasteiger partial charge in [-0.05, 0) is 12.5 Å². The number of nitro groups is 1. The molecule has 1 aromatic heterocycles. The van der Waals surface area contributed by atoms with Gasteiger partial charge < -0.3 is 5.32 Å². The van der Waals surface area contributed by atoms with Crippen LogP contribution in [-0.4, -0.2) is 35.9 Å². The minimum absolute atomic E-state index is 0.000798. The topological polar surface area (TPSA) is 102 Å². The first-order chi connectivity index (χ1) is 9.96. The van der Waals surface area contributed by atoms with E-state index in [2.05, 4.69) is 10.3 Å². The third-order valence-corrected chi connectivity index (χ3v) is 5.30. The van der Waals surface area contributed by atoms with Gasteiger partial charge in [-0.3, -0.25) is 10.1 Å². The Morgan fingerprint density at radius 3 is 2.76 bits per heavy atom. The largest absolute Gasteiger partial charge is 0.375 e. The first-order valence-electron chi connectivity index (χ1n) is 6.45. The van der Waals surface area contributed by atoms with Gasteiger partial charge in [0.05, 0.1) is 21.9 Å². The Morgan fingerprint density at radius 1 is 1.33 bits per heavy atom. The monoisotopic (exact) mass is 307 g/mol. The van der Waals surface area contributed by atoms with Crippen molar-refractivity contribution >= 4 is 32.1 Å². The van der Waals surface area contributed by atoms with E-state index in [0.717, 1.165) is 0 Å². The molecule has 2 aromatic rings. The molecule has 0 bridgehead atoms. The van der Waals surface area contributed by atoms with E-state index in [4.69, 9.17) is 0 Å². The number of sulfone groups is 1. The third kappa shape index (κ3) is 2.66. The van der Waals surface area contributed by atoms with Crippen LogP contribution < -0.4 is 5.32 Å². The second-order valence-electron chi connectivity index (χ2n) is 5.04. The van der Waals surface area contributed by atoms with Crippen LogP contribution in [0.5, 0.6) is 0 Å². The number of nitrogens with one attached hydrogen (secondary N) is 1. The van der Waals surface area contributed by atoms with E-state index in [1.165, 1.54) is 6.20 Å². The SMILES string of the molecule is O=[N+]([O-])c1cnc2ccccc2c1NC1CCS(=O)(=O)C1. The zero-order chi connectivity index (χ0) is 15.0. The Balaban J connectivity index is 2.07. The van der Waals surface area contributed by atoms with Crippen LogP contribution in [0.3, 0.4) is 0 Å². The first-order valence-corrected chi connectivity index (χ1v) is 8.27. The van der Waals surface area contributed by atoms with Crippen LogP contribution in [0.1, 0.15) is 6.42 Å². The van der Waals surface area contributed by atoms with Gasteiger partial charge in [0.15, 0.2) is 9.84 Å². The van der Waals surface area contributed by atoms with Crippen molar-refractivity contribution in [2.24, 2.45) is 0 Å². The second kappa shape index (κ2) is 4.96. The smallest absolute Gasteiger partial charge is 0.311 e. The van der Waals surface area contributed by atoms with Gasteiger partial charge in [-0.25, -0.2) is 13.4 Å². The predicted octanol–water partition coefficient (Wildman–Crippen LogP) is 1.74. The zero-order valence-corrected chi connectivity index (χ0v) is 11.8. The van der Waals surface area contributed by atoms with E-state index in [-0.39, 0.29) is 23.2 Å². The van der Waals surface area contributed by atoms with Gasteiger partial charge in [0.1, 0.15) is 11.9 Å². The van der Waals surface area contributed by atoms with Gasteiger partial charge in [0, 0.05) is 11.4 Å². The minimum atomic E-state index is -3.05. The van der Waals surface area contributed by atoms with E-state index < -0.39 is 14.8 Å². The average molecular weight is 307 g/mol.